The van der Waals surface area contributed by atoms with E-state index in [2.05, 4.69) is 0 Å². The molecule has 1 rings (SSSR count). The third-order valence-corrected chi connectivity index (χ3v) is 5.58. The number of hydrogen-bond donors (Lipinski definition) is 1. The van der Waals surface area contributed by atoms with Gasteiger partial charge in [0.2, 0.25) is 0 Å². The molecule has 0 aromatic heterocycles. The minimum atomic E-state index is -2.96. The third kappa shape index (κ3) is 4.87. The van der Waals surface area contributed by atoms with Crippen LogP contribution in [0.1, 0.15) is 13.3 Å². The Hall–Kier alpha value is -0.880. The highest BCUT2D eigenvalue weighted by molar-refractivity contribution is 7.91. The molecule has 6 heteroatoms. The second-order valence-corrected chi connectivity index (χ2v) is 7.76. The van der Waals surface area contributed by atoms with Gasteiger partial charge >= 0.3 is 0 Å². The molecule has 17 heavy (non-hydrogen) atoms. The molecule has 0 bridgehead atoms. The van der Waals surface area contributed by atoms with Crippen LogP contribution >= 0.6 is 0 Å². The standard InChI is InChI=1S/C11H17NO3S2/c1-2-17(14,15)8-4-7-16(13)11-6-3-5-10(12)9-11/h3,5-6,9H,2,4,7-8,12H2,1H3. The van der Waals surface area contributed by atoms with E-state index in [4.69, 9.17) is 5.73 Å². The summed E-state index contributed by atoms with van der Waals surface area (Å²) in [5.74, 6) is 0.582. The summed E-state index contributed by atoms with van der Waals surface area (Å²) in [5, 5.41) is 0. The lowest BCUT2D eigenvalue weighted by molar-refractivity contribution is 0.596. The Kier molecular flexibility index (Phi) is 5.14. The summed E-state index contributed by atoms with van der Waals surface area (Å²) in [7, 11) is -4.14. The van der Waals surface area contributed by atoms with E-state index in [0.29, 0.717) is 22.8 Å². The summed E-state index contributed by atoms with van der Waals surface area (Å²) >= 11 is 0. The first-order valence-electron chi connectivity index (χ1n) is 5.39. The summed E-state index contributed by atoms with van der Waals surface area (Å²) in [6.07, 6.45) is 0.414. The van der Waals surface area contributed by atoms with E-state index in [0.717, 1.165) is 0 Å². The highest BCUT2D eigenvalue weighted by Crippen LogP contribution is 2.12. The minimum absolute atomic E-state index is 0.0948. The van der Waals surface area contributed by atoms with Crippen molar-refractivity contribution in [2.45, 2.75) is 18.2 Å². The van der Waals surface area contributed by atoms with Gasteiger partial charge in [0.15, 0.2) is 0 Å². The zero-order valence-electron chi connectivity index (χ0n) is 9.76. The number of nitrogens with two attached hydrogens (primary N) is 1. The van der Waals surface area contributed by atoms with E-state index in [1.165, 1.54) is 0 Å². The lowest BCUT2D eigenvalue weighted by Gasteiger charge is -2.03. The van der Waals surface area contributed by atoms with Gasteiger partial charge in [0.05, 0.1) is 16.6 Å². The maximum Gasteiger partial charge on any atom is 0.150 e. The smallest absolute Gasteiger partial charge is 0.150 e. The Morgan fingerprint density at radius 1 is 1.35 bits per heavy atom. The zero-order valence-corrected chi connectivity index (χ0v) is 11.4. The highest BCUT2D eigenvalue weighted by Gasteiger charge is 2.09. The minimum Gasteiger partial charge on any atom is -0.399 e. The molecule has 0 amide bonds. The fourth-order valence-corrected chi connectivity index (χ4v) is 3.52. The van der Waals surface area contributed by atoms with E-state index in [1.807, 2.05) is 0 Å². The van der Waals surface area contributed by atoms with Gasteiger partial charge in [-0.3, -0.25) is 4.21 Å². The topological polar surface area (TPSA) is 77.2 Å². The lowest BCUT2D eigenvalue weighted by Crippen LogP contribution is -2.11. The van der Waals surface area contributed by atoms with E-state index in [1.54, 1.807) is 31.2 Å². The van der Waals surface area contributed by atoms with Gasteiger partial charge in [-0.2, -0.15) is 0 Å². The average molecular weight is 275 g/mol. The molecule has 0 saturated heterocycles. The van der Waals surface area contributed by atoms with Crippen LogP contribution in [-0.2, 0) is 20.6 Å². The molecule has 4 nitrogen and oxygen atoms in total. The molecule has 96 valence electrons. The Labute approximate surface area is 105 Å². The van der Waals surface area contributed by atoms with Crippen LogP contribution < -0.4 is 5.73 Å². The summed E-state index contributed by atoms with van der Waals surface area (Å²) in [5.41, 5.74) is 6.15. The van der Waals surface area contributed by atoms with Gasteiger partial charge in [-0.05, 0) is 24.6 Å². The number of nitrogen functional groups attached to an aromatic ring is 1. The van der Waals surface area contributed by atoms with Gasteiger partial charge in [0.1, 0.15) is 9.84 Å². The van der Waals surface area contributed by atoms with Gasteiger partial charge in [-0.25, -0.2) is 8.42 Å². The maximum absolute atomic E-state index is 11.8. The molecule has 2 N–H and O–H groups in total. The molecule has 0 aliphatic carbocycles. The van der Waals surface area contributed by atoms with Gasteiger partial charge in [0, 0.05) is 22.1 Å². The van der Waals surface area contributed by atoms with Crippen LogP contribution in [0.5, 0.6) is 0 Å². The van der Waals surface area contributed by atoms with Crippen LogP contribution in [-0.4, -0.2) is 29.9 Å². The van der Waals surface area contributed by atoms with Crippen LogP contribution in [0.15, 0.2) is 29.2 Å². The number of sulfone groups is 1. The first-order valence-corrected chi connectivity index (χ1v) is 8.53. The van der Waals surface area contributed by atoms with Crippen LogP contribution in [0.2, 0.25) is 0 Å². The summed E-state index contributed by atoms with van der Waals surface area (Å²) in [6, 6.07) is 6.86. The van der Waals surface area contributed by atoms with Crippen LogP contribution in [0.4, 0.5) is 5.69 Å². The number of anilines is 1. The Balaban J connectivity index is 2.51. The van der Waals surface area contributed by atoms with Gasteiger partial charge in [-0.1, -0.05) is 13.0 Å². The van der Waals surface area contributed by atoms with Gasteiger partial charge < -0.3 is 5.73 Å². The molecular weight excluding hydrogens is 258 g/mol. The van der Waals surface area contributed by atoms with Crippen molar-refractivity contribution in [3.05, 3.63) is 24.3 Å². The molecule has 1 aromatic carbocycles. The summed E-state index contributed by atoms with van der Waals surface area (Å²) in [6.45, 7) is 1.62. The van der Waals surface area contributed by atoms with Crippen molar-refractivity contribution in [2.24, 2.45) is 0 Å². The van der Waals surface area contributed by atoms with Crippen molar-refractivity contribution >= 4 is 26.3 Å². The monoisotopic (exact) mass is 275 g/mol. The van der Waals surface area contributed by atoms with E-state index in [-0.39, 0.29) is 11.5 Å². The van der Waals surface area contributed by atoms with Crippen molar-refractivity contribution < 1.29 is 12.6 Å². The van der Waals surface area contributed by atoms with E-state index >= 15 is 0 Å². The van der Waals surface area contributed by atoms with Crippen LogP contribution in [0, 0.1) is 0 Å². The second-order valence-electron chi connectivity index (χ2n) is 3.71. The molecule has 0 aliphatic rings. The first-order chi connectivity index (χ1) is 7.94. The van der Waals surface area contributed by atoms with Crippen molar-refractivity contribution in [1.29, 1.82) is 0 Å². The quantitative estimate of drug-likeness (QED) is 0.791. The molecule has 1 atom stereocenters. The molecule has 0 radical (unpaired) electrons. The summed E-state index contributed by atoms with van der Waals surface area (Å²) in [4.78, 5) is 0.652. The molecule has 1 aromatic rings. The molecule has 0 saturated carbocycles. The Morgan fingerprint density at radius 3 is 2.65 bits per heavy atom. The fraction of sp³-hybridized carbons (Fsp3) is 0.455. The van der Waals surface area contributed by atoms with Gasteiger partial charge in [0.25, 0.3) is 0 Å². The lowest BCUT2D eigenvalue weighted by atomic mass is 10.3. The molecule has 0 fully saturated rings. The van der Waals surface area contributed by atoms with E-state index < -0.39 is 20.6 Å². The van der Waals surface area contributed by atoms with Gasteiger partial charge in [-0.15, -0.1) is 0 Å². The van der Waals surface area contributed by atoms with Crippen molar-refractivity contribution in [3.63, 3.8) is 0 Å². The van der Waals surface area contributed by atoms with Crippen molar-refractivity contribution in [1.82, 2.24) is 0 Å². The number of hydrogen-bond acceptors (Lipinski definition) is 4. The van der Waals surface area contributed by atoms with E-state index in [9.17, 15) is 12.6 Å². The SMILES string of the molecule is CCS(=O)(=O)CCCS(=O)c1cccc(N)c1. The predicted octanol–water partition coefficient (Wildman–Crippen LogP) is 1.20. The molecular formula is C11H17NO3S2. The Bertz CT molecular complexity index is 497. The fourth-order valence-electron chi connectivity index (χ4n) is 1.33. The van der Waals surface area contributed by atoms with Crippen molar-refractivity contribution in [2.75, 3.05) is 23.0 Å². The number of rotatable bonds is 6. The second kappa shape index (κ2) is 6.16. The molecule has 0 aliphatic heterocycles. The maximum atomic E-state index is 11.8. The van der Waals surface area contributed by atoms with Crippen LogP contribution in [0.3, 0.4) is 0 Å². The Morgan fingerprint density at radius 2 is 2.06 bits per heavy atom. The zero-order chi connectivity index (χ0) is 12.9. The summed E-state index contributed by atoms with van der Waals surface area (Å²) < 4.78 is 34.3. The predicted molar refractivity (Wildman–Crippen MR) is 71.1 cm³/mol. The first kappa shape index (κ1) is 14.2. The molecule has 0 spiro atoms. The molecule has 0 heterocycles. The normalized spacial score (nSPS) is 13.5. The third-order valence-electron chi connectivity index (χ3n) is 2.35. The number of benzene rings is 1. The van der Waals surface area contributed by atoms with Crippen molar-refractivity contribution in [3.8, 4) is 0 Å². The van der Waals surface area contributed by atoms with Crippen LogP contribution in [0.25, 0.3) is 0 Å². The molecule has 1 unspecified atom stereocenters. The average Bonchev–Trinajstić information content (AvgIpc) is 2.28. The largest absolute Gasteiger partial charge is 0.399 e. The highest BCUT2D eigenvalue weighted by atomic mass is 32.2.